The average Bonchev–Trinajstić information content (AvgIpc) is 3.19. The van der Waals surface area contributed by atoms with Gasteiger partial charge >= 0.3 is 5.69 Å². The van der Waals surface area contributed by atoms with E-state index in [0.29, 0.717) is 35.9 Å². The standard InChI is InChI=1S/C18H20N6O4/c1-12-17(24(26)27)13(2)23(21-12)9-14-5-4-6-15(7-14)18(25)20-16-8-19-22(10-16)11-28-3/h4-8,10H,9,11H2,1-3H3,(H,20,25). The van der Waals surface area contributed by atoms with E-state index in [9.17, 15) is 14.9 Å². The molecule has 3 rings (SSSR count). The van der Waals surface area contributed by atoms with E-state index in [4.69, 9.17) is 4.74 Å². The van der Waals surface area contributed by atoms with Gasteiger partial charge in [0.1, 0.15) is 18.1 Å². The van der Waals surface area contributed by atoms with Gasteiger partial charge in [0.25, 0.3) is 5.91 Å². The highest BCUT2D eigenvalue weighted by molar-refractivity contribution is 6.04. The third-order valence-corrected chi connectivity index (χ3v) is 4.20. The van der Waals surface area contributed by atoms with Crippen molar-refractivity contribution in [3.63, 3.8) is 0 Å². The normalized spacial score (nSPS) is 10.8. The van der Waals surface area contributed by atoms with E-state index in [1.54, 1.807) is 54.7 Å². The second kappa shape index (κ2) is 8.01. The van der Waals surface area contributed by atoms with E-state index in [1.807, 2.05) is 6.07 Å². The first-order valence-electron chi connectivity index (χ1n) is 8.49. The Kier molecular flexibility index (Phi) is 5.50. The van der Waals surface area contributed by atoms with Gasteiger partial charge in [0.15, 0.2) is 0 Å². The molecular weight excluding hydrogens is 364 g/mol. The topological polar surface area (TPSA) is 117 Å². The van der Waals surface area contributed by atoms with Gasteiger partial charge in [-0.3, -0.25) is 19.6 Å². The van der Waals surface area contributed by atoms with Gasteiger partial charge in [-0.25, -0.2) is 4.68 Å². The molecule has 10 heteroatoms. The van der Waals surface area contributed by atoms with Crippen LogP contribution in [0.25, 0.3) is 0 Å². The number of aryl methyl sites for hydroxylation is 1. The minimum absolute atomic E-state index is 0.0157. The predicted octanol–water partition coefficient (Wildman–Crippen LogP) is 2.51. The first kappa shape index (κ1) is 19.2. The first-order valence-corrected chi connectivity index (χ1v) is 8.49. The maximum absolute atomic E-state index is 12.5. The average molecular weight is 384 g/mol. The van der Waals surface area contributed by atoms with Crippen molar-refractivity contribution < 1.29 is 14.5 Å². The molecule has 3 aromatic rings. The summed E-state index contributed by atoms with van der Waals surface area (Å²) < 4.78 is 8.10. The Balaban J connectivity index is 1.76. The van der Waals surface area contributed by atoms with E-state index in [0.717, 1.165) is 5.56 Å². The summed E-state index contributed by atoms with van der Waals surface area (Å²) in [6.45, 7) is 3.88. The molecule has 0 aliphatic carbocycles. The van der Waals surface area contributed by atoms with E-state index < -0.39 is 4.92 Å². The maximum Gasteiger partial charge on any atom is 0.312 e. The molecule has 146 valence electrons. The van der Waals surface area contributed by atoms with Crippen molar-refractivity contribution >= 4 is 17.3 Å². The number of methoxy groups -OCH3 is 1. The van der Waals surface area contributed by atoms with Crippen molar-refractivity contribution in [3.05, 3.63) is 69.3 Å². The van der Waals surface area contributed by atoms with Crippen LogP contribution in [0.1, 0.15) is 27.3 Å². The van der Waals surface area contributed by atoms with E-state index in [1.165, 1.54) is 6.20 Å². The van der Waals surface area contributed by atoms with Crippen molar-refractivity contribution in [2.75, 3.05) is 12.4 Å². The van der Waals surface area contributed by atoms with Gasteiger partial charge < -0.3 is 10.1 Å². The molecule has 1 aromatic carbocycles. The number of anilines is 1. The molecule has 1 amide bonds. The summed E-state index contributed by atoms with van der Waals surface area (Å²) in [6.07, 6.45) is 3.20. The minimum Gasteiger partial charge on any atom is -0.362 e. The lowest BCUT2D eigenvalue weighted by Crippen LogP contribution is -2.12. The van der Waals surface area contributed by atoms with Crippen LogP contribution in [0.3, 0.4) is 0 Å². The van der Waals surface area contributed by atoms with Crippen molar-refractivity contribution in [2.45, 2.75) is 27.1 Å². The number of nitrogens with one attached hydrogen (secondary N) is 1. The Morgan fingerprint density at radius 1 is 1.36 bits per heavy atom. The number of hydrogen-bond acceptors (Lipinski definition) is 6. The lowest BCUT2D eigenvalue weighted by Gasteiger charge is -2.07. The molecule has 2 heterocycles. The molecule has 28 heavy (non-hydrogen) atoms. The number of carbonyl (C=O) groups excluding carboxylic acids is 1. The summed E-state index contributed by atoms with van der Waals surface area (Å²) in [6, 6.07) is 7.04. The molecular formula is C18H20N6O4. The van der Waals surface area contributed by atoms with Crippen molar-refractivity contribution in [2.24, 2.45) is 0 Å². The van der Waals surface area contributed by atoms with Crippen molar-refractivity contribution in [1.82, 2.24) is 19.6 Å². The number of rotatable bonds is 7. The number of nitrogens with zero attached hydrogens (tertiary/aromatic N) is 5. The van der Waals surface area contributed by atoms with Crippen LogP contribution in [0.4, 0.5) is 11.4 Å². The van der Waals surface area contributed by atoms with Gasteiger partial charge in [-0.2, -0.15) is 10.2 Å². The summed E-state index contributed by atoms with van der Waals surface area (Å²) in [4.78, 5) is 23.2. The summed E-state index contributed by atoms with van der Waals surface area (Å²) in [7, 11) is 1.56. The molecule has 0 spiro atoms. The third-order valence-electron chi connectivity index (χ3n) is 4.20. The Bertz CT molecular complexity index is 1020. The smallest absolute Gasteiger partial charge is 0.312 e. The van der Waals surface area contributed by atoms with Crippen LogP contribution in [0.2, 0.25) is 0 Å². The van der Waals surface area contributed by atoms with Crippen molar-refractivity contribution in [1.29, 1.82) is 0 Å². The van der Waals surface area contributed by atoms with Gasteiger partial charge in [-0.1, -0.05) is 12.1 Å². The molecule has 1 N–H and O–H groups in total. The molecule has 0 aliphatic rings. The molecule has 0 radical (unpaired) electrons. The van der Waals surface area contributed by atoms with Gasteiger partial charge in [-0.05, 0) is 31.5 Å². The highest BCUT2D eigenvalue weighted by Gasteiger charge is 2.21. The quantitative estimate of drug-likeness (QED) is 0.494. The Morgan fingerprint density at radius 3 is 2.82 bits per heavy atom. The van der Waals surface area contributed by atoms with Crippen LogP contribution in [-0.2, 0) is 18.0 Å². The largest absolute Gasteiger partial charge is 0.362 e. The molecule has 0 bridgehead atoms. The second-order valence-electron chi connectivity index (χ2n) is 6.27. The summed E-state index contributed by atoms with van der Waals surface area (Å²) in [5.41, 5.74) is 2.69. The number of ether oxygens (including phenoxy) is 1. The lowest BCUT2D eigenvalue weighted by atomic mass is 10.1. The van der Waals surface area contributed by atoms with Crippen LogP contribution in [0.5, 0.6) is 0 Å². The molecule has 0 unspecified atom stereocenters. The number of hydrogen-bond donors (Lipinski definition) is 1. The SMILES string of the molecule is COCn1cc(NC(=O)c2cccc(Cn3nc(C)c([N+](=O)[O-])c3C)c2)cn1. The number of nitro groups is 1. The molecule has 2 aromatic heterocycles. The van der Waals surface area contributed by atoms with E-state index >= 15 is 0 Å². The van der Waals surface area contributed by atoms with E-state index in [2.05, 4.69) is 15.5 Å². The summed E-state index contributed by atoms with van der Waals surface area (Å²) in [5.74, 6) is -0.279. The van der Waals surface area contributed by atoms with Gasteiger partial charge in [0.05, 0.1) is 29.5 Å². The number of amides is 1. The van der Waals surface area contributed by atoms with Crippen molar-refractivity contribution in [3.8, 4) is 0 Å². The Hall–Kier alpha value is -3.53. The number of benzene rings is 1. The highest BCUT2D eigenvalue weighted by atomic mass is 16.6. The van der Waals surface area contributed by atoms with Crippen LogP contribution in [-0.4, -0.2) is 37.5 Å². The molecule has 0 aliphatic heterocycles. The monoisotopic (exact) mass is 384 g/mol. The summed E-state index contributed by atoms with van der Waals surface area (Å²) >= 11 is 0. The molecule has 0 atom stereocenters. The number of aromatic nitrogens is 4. The minimum atomic E-state index is -0.429. The molecule has 10 nitrogen and oxygen atoms in total. The zero-order valence-corrected chi connectivity index (χ0v) is 15.7. The lowest BCUT2D eigenvalue weighted by molar-refractivity contribution is -0.386. The second-order valence-corrected chi connectivity index (χ2v) is 6.27. The zero-order valence-electron chi connectivity index (χ0n) is 15.7. The van der Waals surface area contributed by atoms with Crippen LogP contribution < -0.4 is 5.32 Å². The molecule has 0 saturated heterocycles. The fourth-order valence-corrected chi connectivity index (χ4v) is 2.92. The Labute approximate surface area is 160 Å². The summed E-state index contributed by atoms with van der Waals surface area (Å²) in [5, 5.41) is 22.2. The predicted molar refractivity (Wildman–Crippen MR) is 101 cm³/mol. The maximum atomic E-state index is 12.5. The highest BCUT2D eigenvalue weighted by Crippen LogP contribution is 2.22. The van der Waals surface area contributed by atoms with Crippen LogP contribution >= 0.6 is 0 Å². The van der Waals surface area contributed by atoms with Gasteiger partial charge in [0.2, 0.25) is 0 Å². The Morgan fingerprint density at radius 2 is 2.14 bits per heavy atom. The van der Waals surface area contributed by atoms with Crippen LogP contribution in [0.15, 0.2) is 36.7 Å². The fraction of sp³-hybridized carbons (Fsp3) is 0.278. The third kappa shape index (κ3) is 4.07. The van der Waals surface area contributed by atoms with E-state index in [-0.39, 0.29) is 11.6 Å². The van der Waals surface area contributed by atoms with Crippen LogP contribution in [0, 0.1) is 24.0 Å². The fourth-order valence-electron chi connectivity index (χ4n) is 2.92. The number of carbonyl (C=O) groups is 1. The van der Waals surface area contributed by atoms with Gasteiger partial charge in [-0.15, -0.1) is 0 Å². The first-order chi connectivity index (χ1) is 13.4. The van der Waals surface area contributed by atoms with Gasteiger partial charge in [0, 0.05) is 12.7 Å². The molecule has 0 saturated carbocycles. The molecule has 0 fully saturated rings. The zero-order chi connectivity index (χ0) is 20.3.